The van der Waals surface area contributed by atoms with Crippen molar-refractivity contribution in [2.24, 2.45) is 0 Å². The Labute approximate surface area is 154 Å². The maximum atomic E-state index is 12.8. The molecule has 4 rings (SSSR count). The van der Waals surface area contributed by atoms with Gasteiger partial charge < -0.3 is 9.32 Å². The van der Waals surface area contributed by atoms with Crippen molar-refractivity contribution in [3.05, 3.63) is 52.9 Å². The summed E-state index contributed by atoms with van der Waals surface area (Å²) in [6.07, 6.45) is 1.58. The maximum Gasteiger partial charge on any atom is 0.241 e. The van der Waals surface area contributed by atoms with Gasteiger partial charge in [-0.25, -0.2) is 8.42 Å². The van der Waals surface area contributed by atoms with E-state index in [1.165, 1.54) is 0 Å². The number of carbonyl (C=O) groups excluding carboxylic acids is 1. The average molecular weight is 425 g/mol. The fourth-order valence-electron chi connectivity index (χ4n) is 3.67. The maximum absolute atomic E-state index is 12.8. The van der Waals surface area contributed by atoms with Crippen molar-refractivity contribution in [1.29, 1.82) is 0 Å². The van der Waals surface area contributed by atoms with Crippen molar-refractivity contribution in [1.82, 2.24) is 4.90 Å². The second-order valence-corrected chi connectivity index (χ2v) is 9.51. The highest BCUT2D eigenvalue weighted by Crippen LogP contribution is 2.33. The van der Waals surface area contributed by atoms with Crippen LogP contribution in [0.3, 0.4) is 0 Å². The average Bonchev–Trinajstić information content (AvgIpc) is 3.16. The highest BCUT2D eigenvalue weighted by Gasteiger charge is 2.49. The van der Waals surface area contributed by atoms with Crippen molar-refractivity contribution in [2.75, 3.05) is 23.0 Å². The molecule has 25 heavy (non-hydrogen) atoms. The first-order valence-corrected chi connectivity index (χ1v) is 10.6. The molecule has 2 aliphatic rings. The number of sulfone groups is 1. The Morgan fingerprint density at radius 1 is 1.12 bits per heavy atom. The third-order valence-electron chi connectivity index (χ3n) is 4.75. The summed E-state index contributed by atoms with van der Waals surface area (Å²) in [6.45, 7) is 0.608. The van der Waals surface area contributed by atoms with Crippen LogP contribution in [-0.4, -0.2) is 49.4 Å². The molecule has 1 aromatic carbocycles. The zero-order chi connectivity index (χ0) is 17.6. The van der Waals surface area contributed by atoms with Gasteiger partial charge in [0.05, 0.1) is 36.9 Å². The molecule has 0 N–H and O–H groups in total. The molecule has 2 aliphatic heterocycles. The van der Waals surface area contributed by atoms with E-state index in [9.17, 15) is 13.2 Å². The molecule has 0 saturated carbocycles. The summed E-state index contributed by atoms with van der Waals surface area (Å²) in [6, 6.07) is 10.4. The van der Waals surface area contributed by atoms with Gasteiger partial charge in [-0.05, 0) is 36.4 Å². The van der Waals surface area contributed by atoms with Crippen LogP contribution in [0.1, 0.15) is 5.76 Å². The predicted octanol–water partition coefficient (Wildman–Crippen LogP) is 2.06. The van der Waals surface area contributed by atoms with E-state index in [-0.39, 0.29) is 36.0 Å². The highest BCUT2D eigenvalue weighted by atomic mass is 79.9. The Morgan fingerprint density at radius 2 is 1.84 bits per heavy atom. The Balaban J connectivity index is 1.68. The fraction of sp³-hybridized carbons (Fsp3) is 0.353. The van der Waals surface area contributed by atoms with Crippen molar-refractivity contribution < 1.29 is 17.6 Å². The van der Waals surface area contributed by atoms with Gasteiger partial charge in [-0.2, -0.15) is 0 Å². The smallest absolute Gasteiger partial charge is 0.241 e. The third-order valence-corrected chi connectivity index (χ3v) is 6.97. The number of anilines is 1. The zero-order valence-electron chi connectivity index (χ0n) is 13.3. The molecular weight excluding hydrogens is 408 g/mol. The summed E-state index contributed by atoms with van der Waals surface area (Å²) in [5.41, 5.74) is 0.734. The molecule has 132 valence electrons. The predicted molar refractivity (Wildman–Crippen MR) is 97.0 cm³/mol. The molecule has 3 heterocycles. The van der Waals surface area contributed by atoms with Gasteiger partial charge in [0.1, 0.15) is 5.76 Å². The molecule has 8 heteroatoms. The Morgan fingerprint density at radius 3 is 2.52 bits per heavy atom. The summed E-state index contributed by atoms with van der Waals surface area (Å²) in [7, 11) is -3.19. The lowest BCUT2D eigenvalue weighted by molar-refractivity contribution is -0.123. The minimum atomic E-state index is -3.19. The summed E-state index contributed by atoms with van der Waals surface area (Å²) >= 11 is 3.38. The minimum Gasteiger partial charge on any atom is -0.468 e. The first kappa shape index (κ1) is 16.8. The van der Waals surface area contributed by atoms with Gasteiger partial charge in [0.15, 0.2) is 9.84 Å². The van der Waals surface area contributed by atoms with E-state index in [0.29, 0.717) is 6.54 Å². The lowest BCUT2D eigenvalue weighted by atomic mass is 10.0. The Hall–Kier alpha value is -1.64. The van der Waals surface area contributed by atoms with Gasteiger partial charge in [0, 0.05) is 16.2 Å². The van der Waals surface area contributed by atoms with Gasteiger partial charge in [0.25, 0.3) is 0 Å². The molecule has 0 unspecified atom stereocenters. The molecule has 1 amide bonds. The number of halogens is 1. The van der Waals surface area contributed by atoms with E-state index >= 15 is 0 Å². The van der Waals surface area contributed by atoms with E-state index < -0.39 is 9.84 Å². The SMILES string of the molecule is O=C1CN(Cc2ccco2)[C@H]2CS(=O)(=O)C[C@H]2N1c1ccc(Br)cc1. The number of hydrogen-bond acceptors (Lipinski definition) is 5. The number of fused-ring (bicyclic) bond motifs is 1. The molecule has 0 spiro atoms. The molecule has 2 atom stereocenters. The fourth-order valence-corrected chi connectivity index (χ4v) is 5.92. The summed E-state index contributed by atoms with van der Waals surface area (Å²) in [5, 5.41) is 0. The molecule has 0 bridgehead atoms. The minimum absolute atomic E-state index is 0.00583. The second kappa shape index (κ2) is 6.26. The van der Waals surface area contributed by atoms with Gasteiger partial charge in [-0.15, -0.1) is 0 Å². The van der Waals surface area contributed by atoms with E-state index in [2.05, 4.69) is 15.9 Å². The largest absolute Gasteiger partial charge is 0.468 e. The zero-order valence-corrected chi connectivity index (χ0v) is 15.7. The molecule has 0 aliphatic carbocycles. The standard InChI is InChI=1S/C17H17BrN2O4S/c18-12-3-5-13(6-4-12)20-16-11-25(22,23)10-15(16)19(9-17(20)21)8-14-2-1-7-24-14/h1-7,15-16H,8-11H2/t15-,16+/m0/s1. The Bertz CT molecular complexity index is 880. The van der Waals surface area contributed by atoms with Gasteiger partial charge in [-0.3, -0.25) is 9.69 Å². The monoisotopic (exact) mass is 424 g/mol. The van der Waals surface area contributed by atoms with Crippen LogP contribution in [0.15, 0.2) is 51.6 Å². The van der Waals surface area contributed by atoms with E-state index in [1.807, 2.05) is 35.2 Å². The molecule has 2 fully saturated rings. The number of rotatable bonds is 3. The molecule has 0 radical (unpaired) electrons. The van der Waals surface area contributed by atoms with Crippen molar-refractivity contribution >= 4 is 37.4 Å². The number of carbonyl (C=O) groups is 1. The van der Waals surface area contributed by atoms with Crippen molar-refractivity contribution in [3.8, 4) is 0 Å². The molecule has 2 aromatic rings. The highest BCUT2D eigenvalue weighted by molar-refractivity contribution is 9.10. The number of benzene rings is 1. The molecule has 2 saturated heterocycles. The van der Waals surface area contributed by atoms with Gasteiger partial charge in [-0.1, -0.05) is 15.9 Å². The van der Waals surface area contributed by atoms with Gasteiger partial charge in [0.2, 0.25) is 5.91 Å². The van der Waals surface area contributed by atoms with E-state index in [4.69, 9.17) is 4.42 Å². The van der Waals surface area contributed by atoms with Crippen LogP contribution in [-0.2, 0) is 21.2 Å². The summed E-state index contributed by atoms with van der Waals surface area (Å²) < 4.78 is 30.9. The molecule has 6 nitrogen and oxygen atoms in total. The number of nitrogens with zero attached hydrogens (tertiary/aromatic N) is 2. The van der Waals surface area contributed by atoms with Gasteiger partial charge >= 0.3 is 0 Å². The first-order chi connectivity index (χ1) is 11.9. The molecule has 1 aromatic heterocycles. The second-order valence-electron chi connectivity index (χ2n) is 6.44. The molecular formula is C17H17BrN2O4S. The van der Waals surface area contributed by atoms with Crippen LogP contribution in [0.4, 0.5) is 5.69 Å². The van der Waals surface area contributed by atoms with Crippen LogP contribution < -0.4 is 4.90 Å². The van der Waals surface area contributed by atoms with Crippen LogP contribution in [0, 0.1) is 0 Å². The lowest BCUT2D eigenvalue weighted by Crippen LogP contribution is -2.61. The quantitative estimate of drug-likeness (QED) is 0.753. The third kappa shape index (κ3) is 3.26. The van der Waals surface area contributed by atoms with Crippen LogP contribution in [0.5, 0.6) is 0 Å². The topological polar surface area (TPSA) is 70.8 Å². The summed E-state index contributed by atoms with van der Waals surface area (Å²) in [4.78, 5) is 16.4. The van der Waals surface area contributed by atoms with Crippen molar-refractivity contribution in [2.45, 2.75) is 18.6 Å². The Kier molecular flexibility index (Phi) is 4.21. The van der Waals surface area contributed by atoms with Crippen LogP contribution >= 0.6 is 15.9 Å². The van der Waals surface area contributed by atoms with E-state index in [1.54, 1.807) is 17.2 Å². The summed E-state index contributed by atoms with van der Waals surface area (Å²) in [5.74, 6) is 0.701. The van der Waals surface area contributed by atoms with Crippen molar-refractivity contribution in [3.63, 3.8) is 0 Å². The number of furan rings is 1. The first-order valence-electron chi connectivity index (χ1n) is 7.97. The number of hydrogen-bond donors (Lipinski definition) is 0. The van der Waals surface area contributed by atoms with E-state index in [0.717, 1.165) is 15.9 Å². The number of amides is 1. The normalized spacial score (nSPS) is 26.0. The van der Waals surface area contributed by atoms with Crippen LogP contribution in [0.25, 0.3) is 0 Å². The lowest BCUT2D eigenvalue weighted by Gasteiger charge is -2.43. The number of piperazine rings is 1. The van der Waals surface area contributed by atoms with Crippen LogP contribution in [0.2, 0.25) is 0 Å².